The van der Waals surface area contributed by atoms with Crippen LogP contribution >= 0.6 is 0 Å². The molecule has 3 heteroatoms. The molecule has 0 N–H and O–H groups in total. The summed E-state index contributed by atoms with van der Waals surface area (Å²) in [4.78, 5) is 4.22. The van der Waals surface area contributed by atoms with E-state index in [2.05, 4.69) is 35.7 Å². The van der Waals surface area contributed by atoms with Crippen molar-refractivity contribution in [3.63, 3.8) is 0 Å². The lowest BCUT2D eigenvalue weighted by Crippen LogP contribution is -2.01. The summed E-state index contributed by atoms with van der Waals surface area (Å²) in [5.74, 6) is 0.659. The summed E-state index contributed by atoms with van der Waals surface area (Å²) in [5.41, 5.74) is 3.29. The van der Waals surface area contributed by atoms with Gasteiger partial charge in [0.15, 0.2) is 0 Å². The lowest BCUT2D eigenvalue weighted by atomic mass is 10.2. The maximum atomic E-state index is 5.29. The molecule has 2 heterocycles. The highest BCUT2D eigenvalue weighted by Crippen LogP contribution is 2.27. The summed E-state index contributed by atoms with van der Waals surface area (Å²) in [5, 5.41) is 1.03. The largest absolute Gasteiger partial charge is 0.481 e. The Kier molecular flexibility index (Phi) is 6.47. The van der Waals surface area contributed by atoms with Crippen molar-refractivity contribution in [2.24, 2.45) is 0 Å². The van der Waals surface area contributed by atoms with E-state index in [1.165, 1.54) is 0 Å². The molecule has 2 rings (SSSR count). The third kappa shape index (κ3) is 3.85. The smallest absolute Gasteiger partial charge is 0.222 e. The zero-order chi connectivity index (χ0) is 15.8. The lowest BCUT2D eigenvalue weighted by Gasteiger charge is -2.08. The molecular weight excluding hydrogens is 260 g/mol. The molecule has 0 unspecified atom stereocenters. The molecule has 2 aromatic heterocycles. The van der Waals surface area contributed by atoms with Crippen molar-refractivity contribution in [3.05, 3.63) is 61.0 Å². The van der Waals surface area contributed by atoms with Crippen molar-refractivity contribution >= 4 is 10.9 Å². The molecule has 112 valence electrons. The minimum absolute atomic E-state index is 0.659. The van der Waals surface area contributed by atoms with Crippen LogP contribution in [0, 0.1) is 6.92 Å². The van der Waals surface area contributed by atoms with Gasteiger partial charge in [-0.15, -0.1) is 0 Å². The monoisotopic (exact) mass is 284 g/mol. The summed E-state index contributed by atoms with van der Waals surface area (Å²) in [6.07, 6.45) is 7.38. The quantitative estimate of drug-likeness (QED) is 0.745. The number of rotatable bonds is 5. The van der Waals surface area contributed by atoms with Gasteiger partial charge in [-0.05, 0) is 24.6 Å². The molecule has 0 aliphatic carbocycles. The Bertz CT molecular complexity index is 651. The summed E-state index contributed by atoms with van der Waals surface area (Å²) in [6.45, 7) is 14.5. The first kappa shape index (κ1) is 16.8. The minimum Gasteiger partial charge on any atom is -0.481 e. The molecule has 0 aliphatic heterocycles. The maximum absolute atomic E-state index is 5.29. The molecule has 21 heavy (non-hydrogen) atoms. The van der Waals surface area contributed by atoms with E-state index in [1.54, 1.807) is 19.4 Å². The minimum atomic E-state index is 0.659. The van der Waals surface area contributed by atoms with Crippen LogP contribution in [-0.2, 0) is 6.54 Å². The van der Waals surface area contributed by atoms with Gasteiger partial charge in [-0.25, -0.2) is 4.98 Å². The van der Waals surface area contributed by atoms with Gasteiger partial charge in [-0.1, -0.05) is 45.2 Å². The fourth-order valence-corrected chi connectivity index (χ4v) is 2.12. The normalized spacial score (nSPS) is 10.3. The predicted molar refractivity (Wildman–Crippen MR) is 90.8 cm³/mol. The molecule has 0 amide bonds. The zero-order valence-corrected chi connectivity index (χ0v) is 13.4. The predicted octanol–water partition coefficient (Wildman–Crippen LogP) is 4.68. The van der Waals surface area contributed by atoms with E-state index in [4.69, 9.17) is 4.74 Å². The average molecular weight is 284 g/mol. The number of methoxy groups -OCH3 is 1. The fourth-order valence-electron chi connectivity index (χ4n) is 2.12. The fraction of sp³-hybridized carbons (Fsp3) is 0.278. The van der Waals surface area contributed by atoms with Crippen molar-refractivity contribution in [2.75, 3.05) is 7.11 Å². The summed E-state index contributed by atoms with van der Waals surface area (Å²) in [6, 6.07) is 4.08. The van der Waals surface area contributed by atoms with E-state index in [9.17, 15) is 0 Å². The van der Waals surface area contributed by atoms with Crippen molar-refractivity contribution in [1.29, 1.82) is 0 Å². The Morgan fingerprint density at radius 2 is 2.14 bits per heavy atom. The Morgan fingerprint density at radius 1 is 1.43 bits per heavy atom. The third-order valence-corrected chi connectivity index (χ3v) is 3.02. The first-order valence-electron chi connectivity index (χ1n) is 7.13. The second kappa shape index (κ2) is 8.10. The molecule has 0 spiro atoms. The van der Waals surface area contributed by atoms with Crippen molar-refractivity contribution in [1.82, 2.24) is 9.55 Å². The average Bonchev–Trinajstić information content (AvgIpc) is 2.83. The van der Waals surface area contributed by atoms with Crippen molar-refractivity contribution in [2.45, 2.75) is 27.3 Å². The van der Waals surface area contributed by atoms with Gasteiger partial charge in [0.05, 0.1) is 18.0 Å². The first-order valence-corrected chi connectivity index (χ1v) is 7.13. The van der Waals surface area contributed by atoms with Crippen LogP contribution in [0.25, 0.3) is 10.9 Å². The topological polar surface area (TPSA) is 27.1 Å². The van der Waals surface area contributed by atoms with E-state index < -0.39 is 0 Å². The van der Waals surface area contributed by atoms with Gasteiger partial charge in [0, 0.05) is 18.4 Å². The highest BCUT2D eigenvalue weighted by atomic mass is 16.5. The number of allylic oxidation sites excluding steroid dienone is 4. The molecule has 2 aromatic rings. The van der Waals surface area contributed by atoms with Crippen LogP contribution in [0.15, 0.2) is 55.3 Å². The Morgan fingerprint density at radius 3 is 2.76 bits per heavy atom. The molecule has 0 fully saturated rings. The Labute approximate surface area is 127 Å². The SMILES string of the molecule is C=C/C=C\C(=C)Cn1c(C)cc2c(OC)nccc21.CC. The van der Waals surface area contributed by atoms with Crippen molar-refractivity contribution in [3.8, 4) is 5.88 Å². The number of pyridine rings is 1. The van der Waals surface area contributed by atoms with Crippen LogP contribution in [0.2, 0.25) is 0 Å². The van der Waals surface area contributed by atoms with E-state index in [0.29, 0.717) is 5.88 Å². The lowest BCUT2D eigenvalue weighted by molar-refractivity contribution is 0.403. The van der Waals surface area contributed by atoms with Crippen LogP contribution in [-0.4, -0.2) is 16.7 Å². The van der Waals surface area contributed by atoms with Crippen LogP contribution in [0.1, 0.15) is 19.5 Å². The number of hydrogen-bond donors (Lipinski definition) is 0. The van der Waals surface area contributed by atoms with Crippen molar-refractivity contribution < 1.29 is 4.74 Å². The Hall–Kier alpha value is -2.29. The van der Waals surface area contributed by atoms with Gasteiger partial charge in [0.25, 0.3) is 0 Å². The van der Waals surface area contributed by atoms with E-state index in [0.717, 1.165) is 28.7 Å². The molecule has 3 nitrogen and oxygen atoms in total. The maximum Gasteiger partial charge on any atom is 0.222 e. The molecule has 0 saturated carbocycles. The van der Waals surface area contributed by atoms with Gasteiger partial charge in [-0.3, -0.25) is 0 Å². The molecule has 0 aliphatic rings. The number of ether oxygens (including phenoxy) is 1. The first-order chi connectivity index (χ1) is 10.2. The highest BCUT2D eigenvalue weighted by Gasteiger charge is 2.10. The molecule has 0 bridgehead atoms. The highest BCUT2D eigenvalue weighted by molar-refractivity contribution is 5.85. The van der Waals surface area contributed by atoms with Crippen LogP contribution in [0.5, 0.6) is 5.88 Å². The van der Waals surface area contributed by atoms with Gasteiger partial charge >= 0.3 is 0 Å². The van der Waals surface area contributed by atoms with Crippen LogP contribution < -0.4 is 4.74 Å². The van der Waals surface area contributed by atoms with Gasteiger partial charge in [0.1, 0.15) is 0 Å². The molecule has 0 saturated heterocycles. The second-order valence-electron chi connectivity index (χ2n) is 4.38. The molecule has 0 atom stereocenters. The van der Waals surface area contributed by atoms with Gasteiger partial charge in [-0.2, -0.15) is 0 Å². The Balaban J connectivity index is 0.00000106. The standard InChI is InChI=1S/C16H18N2O.C2H6/c1-5-6-7-12(2)11-18-13(3)10-14-15(18)8-9-17-16(14)19-4;1-2/h5-10H,1-2,11H2,3-4H3;1-2H3/b7-6-;. The van der Waals surface area contributed by atoms with Crippen LogP contribution in [0.3, 0.4) is 0 Å². The third-order valence-electron chi connectivity index (χ3n) is 3.02. The number of hydrogen-bond acceptors (Lipinski definition) is 2. The van der Waals surface area contributed by atoms with E-state index in [-0.39, 0.29) is 0 Å². The summed E-state index contributed by atoms with van der Waals surface area (Å²) in [7, 11) is 1.64. The molecular formula is C18H24N2O. The number of nitrogens with zero attached hydrogens (tertiary/aromatic N) is 2. The van der Waals surface area contributed by atoms with E-state index in [1.807, 2.05) is 32.1 Å². The molecule has 0 aromatic carbocycles. The van der Waals surface area contributed by atoms with Crippen LogP contribution in [0.4, 0.5) is 0 Å². The number of aryl methyl sites for hydroxylation is 1. The van der Waals surface area contributed by atoms with Gasteiger partial charge in [0.2, 0.25) is 5.88 Å². The molecule has 0 radical (unpaired) electrons. The number of fused-ring (bicyclic) bond motifs is 1. The second-order valence-corrected chi connectivity index (χ2v) is 4.38. The number of aromatic nitrogens is 2. The zero-order valence-electron chi connectivity index (χ0n) is 13.4. The summed E-state index contributed by atoms with van der Waals surface area (Å²) < 4.78 is 7.50. The summed E-state index contributed by atoms with van der Waals surface area (Å²) >= 11 is 0. The van der Waals surface area contributed by atoms with E-state index >= 15 is 0 Å². The van der Waals surface area contributed by atoms with Gasteiger partial charge < -0.3 is 9.30 Å².